The molecule has 6 heteroatoms. The molecule has 2 aromatic rings. The number of ketones is 1. The van der Waals surface area contributed by atoms with Gasteiger partial charge in [0, 0.05) is 30.6 Å². The highest BCUT2D eigenvalue weighted by molar-refractivity contribution is 6.00. The molecule has 0 radical (unpaired) electrons. The lowest BCUT2D eigenvalue weighted by Gasteiger charge is -2.23. The highest BCUT2D eigenvalue weighted by Crippen LogP contribution is 2.37. The third-order valence-electron chi connectivity index (χ3n) is 4.80. The van der Waals surface area contributed by atoms with E-state index in [-0.39, 0.29) is 30.5 Å². The zero-order valence-electron chi connectivity index (χ0n) is 13.9. The molecule has 0 fully saturated rings. The summed E-state index contributed by atoms with van der Waals surface area (Å²) in [7, 11) is 1.95. The first-order valence-corrected chi connectivity index (χ1v) is 8.20. The van der Waals surface area contributed by atoms with Crippen LogP contribution in [0.4, 0.5) is 0 Å². The fraction of sp³-hybridized carbons (Fsp3) is 0.316. The number of ether oxygens (including phenoxy) is 2. The Morgan fingerprint density at radius 1 is 1.08 bits per heavy atom. The first-order chi connectivity index (χ1) is 12.0. The minimum Gasteiger partial charge on any atom is -0.504 e. The Morgan fingerprint density at radius 3 is 2.64 bits per heavy atom. The van der Waals surface area contributed by atoms with E-state index in [1.54, 1.807) is 12.1 Å². The maximum atomic E-state index is 12.9. The van der Waals surface area contributed by atoms with Crippen molar-refractivity contribution in [3.05, 3.63) is 46.5 Å². The van der Waals surface area contributed by atoms with Crippen molar-refractivity contribution in [1.29, 1.82) is 0 Å². The van der Waals surface area contributed by atoms with Crippen molar-refractivity contribution in [1.82, 2.24) is 4.90 Å². The van der Waals surface area contributed by atoms with Crippen LogP contribution in [-0.4, -0.2) is 41.3 Å². The normalized spacial score (nSPS) is 17.1. The number of carbonyl (C=O) groups excluding carboxylic acids is 1. The average molecular weight is 341 g/mol. The molecule has 2 aliphatic rings. The van der Waals surface area contributed by atoms with Crippen molar-refractivity contribution in [2.75, 3.05) is 20.4 Å². The third-order valence-corrected chi connectivity index (χ3v) is 4.80. The molecule has 2 aromatic carbocycles. The summed E-state index contributed by atoms with van der Waals surface area (Å²) in [5.41, 5.74) is 2.88. The molecule has 0 saturated carbocycles. The Balaban J connectivity index is 1.80. The fourth-order valence-corrected chi connectivity index (χ4v) is 3.39. The van der Waals surface area contributed by atoms with Gasteiger partial charge in [0.05, 0.1) is 0 Å². The molecule has 25 heavy (non-hydrogen) atoms. The molecule has 0 aliphatic carbocycles. The van der Waals surface area contributed by atoms with Gasteiger partial charge in [0.25, 0.3) is 0 Å². The lowest BCUT2D eigenvalue weighted by atomic mass is 9.92. The number of Topliss-reactive ketones (excluding diaryl/α,β-unsaturated/α-hetero) is 1. The van der Waals surface area contributed by atoms with Crippen LogP contribution < -0.4 is 9.47 Å². The number of nitrogens with zero attached hydrogens (tertiary/aromatic N) is 1. The van der Waals surface area contributed by atoms with Gasteiger partial charge < -0.3 is 24.6 Å². The monoisotopic (exact) mass is 341 g/mol. The summed E-state index contributed by atoms with van der Waals surface area (Å²) in [5, 5.41) is 20.0. The predicted molar refractivity (Wildman–Crippen MR) is 90.4 cm³/mol. The van der Waals surface area contributed by atoms with Crippen molar-refractivity contribution >= 4 is 5.78 Å². The van der Waals surface area contributed by atoms with Crippen molar-refractivity contribution in [3.8, 4) is 23.0 Å². The van der Waals surface area contributed by atoms with E-state index in [0.29, 0.717) is 42.1 Å². The van der Waals surface area contributed by atoms with Crippen molar-refractivity contribution in [3.63, 3.8) is 0 Å². The second-order valence-corrected chi connectivity index (χ2v) is 6.52. The number of carbonyl (C=O) groups is 1. The predicted octanol–water partition coefficient (Wildman–Crippen LogP) is 2.24. The van der Waals surface area contributed by atoms with Crippen molar-refractivity contribution in [2.45, 2.75) is 19.4 Å². The van der Waals surface area contributed by atoms with Crippen LogP contribution in [0.1, 0.15) is 27.0 Å². The van der Waals surface area contributed by atoms with Crippen LogP contribution in [0.2, 0.25) is 0 Å². The van der Waals surface area contributed by atoms with Crippen LogP contribution in [0.5, 0.6) is 23.0 Å². The van der Waals surface area contributed by atoms with Gasteiger partial charge in [0.15, 0.2) is 28.8 Å². The number of likely N-dealkylation sites (N-methyl/N-ethyl adjacent to an activating group) is 1. The van der Waals surface area contributed by atoms with Gasteiger partial charge in [-0.3, -0.25) is 4.79 Å². The van der Waals surface area contributed by atoms with Crippen LogP contribution in [-0.2, 0) is 19.4 Å². The van der Waals surface area contributed by atoms with Crippen LogP contribution >= 0.6 is 0 Å². The topological polar surface area (TPSA) is 79.2 Å². The van der Waals surface area contributed by atoms with Crippen molar-refractivity contribution in [2.24, 2.45) is 0 Å². The molecular weight excluding hydrogens is 322 g/mol. The molecule has 0 unspecified atom stereocenters. The van der Waals surface area contributed by atoms with E-state index in [1.807, 2.05) is 13.1 Å². The SMILES string of the molecule is CN1CCc2cc3c(cc2C(=O)Cc2ccc(O)c(O)c2C1)OCO3. The molecule has 2 aliphatic heterocycles. The number of hydrogen-bond acceptors (Lipinski definition) is 6. The standard InChI is InChI=1S/C19H19NO5/c1-20-5-4-12-7-17-18(25-10-24-17)8-13(12)16(22)6-11-2-3-15(21)19(23)14(11)9-20/h2-3,7-8,21,23H,4-6,9-10H2,1H3. The van der Waals surface area contributed by atoms with E-state index in [1.165, 1.54) is 6.07 Å². The molecule has 0 amide bonds. The number of aromatic hydroxyl groups is 2. The van der Waals surface area contributed by atoms with Gasteiger partial charge in [-0.25, -0.2) is 0 Å². The lowest BCUT2D eigenvalue weighted by Crippen LogP contribution is -2.24. The zero-order valence-corrected chi connectivity index (χ0v) is 13.9. The molecule has 4 rings (SSSR count). The van der Waals surface area contributed by atoms with E-state index >= 15 is 0 Å². The Kier molecular flexibility index (Phi) is 3.77. The van der Waals surface area contributed by atoms with Gasteiger partial charge in [-0.2, -0.15) is 0 Å². The van der Waals surface area contributed by atoms with Gasteiger partial charge in [0.1, 0.15) is 0 Å². The van der Waals surface area contributed by atoms with E-state index in [4.69, 9.17) is 9.47 Å². The van der Waals surface area contributed by atoms with Crippen LogP contribution in [0, 0.1) is 0 Å². The summed E-state index contributed by atoms with van der Waals surface area (Å²) in [6.45, 7) is 1.33. The maximum Gasteiger partial charge on any atom is 0.231 e. The first kappa shape index (κ1) is 15.8. The molecule has 0 bridgehead atoms. The summed E-state index contributed by atoms with van der Waals surface area (Å²) in [6.07, 6.45) is 0.840. The number of rotatable bonds is 0. The van der Waals surface area contributed by atoms with E-state index in [0.717, 1.165) is 11.1 Å². The number of phenols is 2. The van der Waals surface area contributed by atoms with Crippen molar-refractivity contribution < 1.29 is 24.5 Å². The largest absolute Gasteiger partial charge is 0.504 e. The molecule has 0 saturated heterocycles. The summed E-state index contributed by atoms with van der Waals surface area (Å²) in [4.78, 5) is 15.0. The zero-order chi connectivity index (χ0) is 17.6. The van der Waals surface area contributed by atoms with E-state index < -0.39 is 0 Å². The molecule has 2 heterocycles. The number of phenolic OH excluding ortho intramolecular Hbond substituents is 2. The summed E-state index contributed by atoms with van der Waals surface area (Å²) in [6, 6.07) is 6.76. The minimum atomic E-state index is -0.166. The summed E-state index contributed by atoms with van der Waals surface area (Å²) >= 11 is 0. The van der Waals surface area contributed by atoms with Gasteiger partial charge in [-0.15, -0.1) is 0 Å². The van der Waals surface area contributed by atoms with Gasteiger partial charge in [-0.05, 0) is 42.8 Å². The number of fused-ring (bicyclic) bond motifs is 3. The van der Waals surface area contributed by atoms with E-state index in [9.17, 15) is 15.0 Å². The van der Waals surface area contributed by atoms with E-state index in [2.05, 4.69) is 4.90 Å². The van der Waals surface area contributed by atoms with Gasteiger partial charge >= 0.3 is 0 Å². The molecule has 0 aromatic heterocycles. The smallest absolute Gasteiger partial charge is 0.231 e. The Bertz CT molecular complexity index is 861. The Morgan fingerprint density at radius 2 is 1.84 bits per heavy atom. The lowest BCUT2D eigenvalue weighted by molar-refractivity contribution is 0.0990. The molecule has 130 valence electrons. The minimum absolute atomic E-state index is 0.0378. The first-order valence-electron chi connectivity index (χ1n) is 8.20. The third kappa shape index (κ3) is 2.78. The Hall–Kier alpha value is -2.73. The average Bonchev–Trinajstić information content (AvgIpc) is 3.05. The summed E-state index contributed by atoms with van der Waals surface area (Å²) in [5.74, 6) is 0.911. The second kappa shape index (κ2) is 5.97. The van der Waals surface area contributed by atoms with Crippen LogP contribution in [0.15, 0.2) is 24.3 Å². The molecule has 2 N–H and O–H groups in total. The molecule has 0 spiro atoms. The summed E-state index contributed by atoms with van der Waals surface area (Å²) < 4.78 is 10.8. The Labute approximate surface area is 145 Å². The molecular formula is C19H19NO5. The fourth-order valence-electron chi connectivity index (χ4n) is 3.39. The number of benzene rings is 2. The van der Waals surface area contributed by atoms with Gasteiger partial charge in [-0.1, -0.05) is 6.07 Å². The highest BCUT2D eigenvalue weighted by atomic mass is 16.7. The van der Waals surface area contributed by atoms with Crippen LogP contribution in [0.3, 0.4) is 0 Å². The molecule has 0 atom stereocenters. The van der Waals surface area contributed by atoms with Gasteiger partial charge in [0.2, 0.25) is 6.79 Å². The highest BCUT2D eigenvalue weighted by Gasteiger charge is 2.24. The number of hydrogen-bond donors (Lipinski definition) is 2. The van der Waals surface area contributed by atoms with Crippen LogP contribution in [0.25, 0.3) is 0 Å². The molecule has 6 nitrogen and oxygen atoms in total. The second-order valence-electron chi connectivity index (χ2n) is 6.52. The quantitative estimate of drug-likeness (QED) is 0.716. The maximum absolute atomic E-state index is 12.9.